The van der Waals surface area contributed by atoms with Gasteiger partial charge >= 0.3 is 0 Å². The predicted octanol–water partition coefficient (Wildman–Crippen LogP) is 4.55. The molecule has 2 aromatic rings. The summed E-state index contributed by atoms with van der Waals surface area (Å²) in [6.45, 7) is 0. The van der Waals surface area contributed by atoms with Gasteiger partial charge in [-0.05, 0) is 61.5 Å². The summed E-state index contributed by atoms with van der Waals surface area (Å²) in [5, 5.41) is 6.60. The summed E-state index contributed by atoms with van der Waals surface area (Å²) in [6, 6.07) is 14.0. The zero-order chi connectivity index (χ0) is 20.8. The Balaban J connectivity index is 1.70. The third-order valence-corrected chi connectivity index (χ3v) is 5.71. The standard InChI is InChI=1S/C22H24ClN3O2S/c1-26(22(29)25-20(27)15-11-13-16(23)14-12-15)19-10-6-5-9-18(19)21(28)24-17-7-3-2-4-8-17/h5-6,9-14,17H,2-4,7-8H2,1H3,(H,24,28)(H,25,27,29). The van der Waals surface area contributed by atoms with Crippen molar-refractivity contribution < 1.29 is 9.59 Å². The maximum Gasteiger partial charge on any atom is 0.257 e. The number of benzene rings is 2. The van der Waals surface area contributed by atoms with Crippen LogP contribution in [0.25, 0.3) is 0 Å². The van der Waals surface area contributed by atoms with Crippen LogP contribution in [-0.4, -0.2) is 30.0 Å². The lowest BCUT2D eigenvalue weighted by molar-refractivity contribution is 0.0927. The first-order valence-corrected chi connectivity index (χ1v) is 10.5. The molecule has 5 nitrogen and oxygen atoms in total. The summed E-state index contributed by atoms with van der Waals surface area (Å²) in [5.41, 5.74) is 1.62. The fraction of sp³-hybridized carbons (Fsp3) is 0.318. The second-order valence-corrected chi connectivity index (χ2v) is 7.97. The Morgan fingerprint density at radius 3 is 2.34 bits per heavy atom. The third-order valence-electron chi connectivity index (χ3n) is 5.08. The van der Waals surface area contributed by atoms with Gasteiger partial charge in [-0.2, -0.15) is 0 Å². The Morgan fingerprint density at radius 2 is 1.66 bits per heavy atom. The smallest absolute Gasteiger partial charge is 0.257 e. The number of hydrogen-bond acceptors (Lipinski definition) is 3. The molecule has 0 unspecified atom stereocenters. The molecule has 2 N–H and O–H groups in total. The molecular formula is C22H24ClN3O2S. The van der Waals surface area contributed by atoms with Crippen molar-refractivity contribution in [3.05, 3.63) is 64.7 Å². The Bertz CT molecular complexity index is 895. The molecule has 0 aromatic heterocycles. The zero-order valence-corrected chi connectivity index (χ0v) is 17.9. The SMILES string of the molecule is CN(C(=S)NC(=O)c1ccc(Cl)cc1)c1ccccc1C(=O)NC1CCCCC1. The van der Waals surface area contributed by atoms with E-state index in [1.54, 1.807) is 42.3 Å². The van der Waals surface area contributed by atoms with Crippen molar-refractivity contribution in [3.63, 3.8) is 0 Å². The number of carbonyl (C=O) groups is 2. The van der Waals surface area contributed by atoms with E-state index in [9.17, 15) is 9.59 Å². The minimum absolute atomic E-state index is 0.119. The maximum atomic E-state index is 12.9. The van der Waals surface area contributed by atoms with E-state index in [2.05, 4.69) is 10.6 Å². The average Bonchev–Trinajstić information content (AvgIpc) is 2.74. The van der Waals surface area contributed by atoms with Gasteiger partial charge in [-0.1, -0.05) is 43.0 Å². The number of halogens is 1. The summed E-state index contributed by atoms with van der Waals surface area (Å²) in [4.78, 5) is 26.9. The molecule has 1 fully saturated rings. The second kappa shape index (κ2) is 9.85. The lowest BCUT2D eigenvalue weighted by Crippen LogP contribution is -2.42. The minimum Gasteiger partial charge on any atom is -0.349 e. The van der Waals surface area contributed by atoms with Crippen LogP contribution in [0.5, 0.6) is 0 Å². The van der Waals surface area contributed by atoms with Crippen LogP contribution in [0.15, 0.2) is 48.5 Å². The Hall–Kier alpha value is -2.44. The lowest BCUT2D eigenvalue weighted by atomic mass is 9.95. The van der Waals surface area contributed by atoms with Gasteiger partial charge in [-0.3, -0.25) is 14.9 Å². The average molecular weight is 430 g/mol. The van der Waals surface area contributed by atoms with Gasteiger partial charge in [0.05, 0.1) is 11.3 Å². The Kier molecular flexibility index (Phi) is 7.23. The van der Waals surface area contributed by atoms with Crippen LogP contribution in [0, 0.1) is 0 Å². The lowest BCUT2D eigenvalue weighted by Gasteiger charge is -2.26. The van der Waals surface area contributed by atoms with Gasteiger partial charge in [0.1, 0.15) is 0 Å². The van der Waals surface area contributed by atoms with Crippen molar-refractivity contribution in [1.29, 1.82) is 0 Å². The zero-order valence-electron chi connectivity index (χ0n) is 16.3. The molecule has 0 heterocycles. The largest absolute Gasteiger partial charge is 0.349 e. The number of para-hydroxylation sites is 1. The van der Waals surface area contributed by atoms with Crippen molar-refractivity contribution in [3.8, 4) is 0 Å². The Labute approximate surface area is 181 Å². The molecule has 2 amide bonds. The van der Waals surface area contributed by atoms with Gasteiger partial charge in [-0.15, -0.1) is 0 Å². The highest BCUT2D eigenvalue weighted by atomic mass is 35.5. The van der Waals surface area contributed by atoms with Crippen molar-refractivity contribution in [2.24, 2.45) is 0 Å². The molecule has 2 aromatic carbocycles. The fourth-order valence-electron chi connectivity index (χ4n) is 3.43. The molecule has 1 aliphatic carbocycles. The number of nitrogens with one attached hydrogen (secondary N) is 2. The van der Waals surface area contributed by atoms with Crippen LogP contribution in [0.2, 0.25) is 5.02 Å². The molecule has 1 saturated carbocycles. The molecular weight excluding hydrogens is 406 g/mol. The first-order chi connectivity index (χ1) is 14.0. The third kappa shape index (κ3) is 5.55. The van der Waals surface area contributed by atoms with Gasteiger partial charge < -0.3 is 10.2 Å². The van der Waals surface area contributed by atoms with Crippen LogP contribution in [0.3, 0.4) is 0 Å². The van der Waals surface area contributed by atoms with E-state index in [1.807, 2.05) is 18.2 Å². The second-order valence-electron chi connectivity index (χ2n) is 7.15. The van der Waals surface area contributed by atoms with Gasteiger partial charge in [0, 0.05) is 23.7 Å². The molecule has 0 spiro atoms. The first-order valence-electron chi connectivity index (χ1n) is 9.70. The molecule has 0 bridgehead atoms. The summed E-state index contributed by atoms with van der Waals surface area (Å²) in [6.07, 6.45) is 5.55. The molecule has 1 aliphatic rings. The van der Waals surface area contributed by atoms with Crippen LogP contribution < -0.4 is 15.5 Å². The van der Waals surface area contributed by atoms with Crippen LogP contribution >= 0.6 is 23.8 Å². The normalized spacial score (nSPS) is 14.1. The van der Waals surface area contributed by atoms with E-state index in [-0.39, 0.29) is 23.0 Å². The van der Waals surface area contributed by atoms with Crippen molar-refractivity contribution in [2.45, 2.75) is 38.1 Å². The van der Waals surface area contributed by atoms with Crippen LogP contribution in [0.1, 0.15) is 52.8 Å². The summed E-state index contributed by atoms with van der Waals surface area (Å²) < 4.78 is 0. The number of hydrogen-bond donors (Lipinski definition) is 2. The molecule has 0 atom stereocenters. The van der Waals surface area contributed by atoms with E-state index in [1.165, 1.54) is 6.42 Å². The topological polar surface area (TPSA) is 61.4 Å². The van der Waals surface area contributed by atoms with Gasteiger partial charge in [0.2, 0.25) is 0 Å². The number of anilines is 1. The van der Waals surface area contributed by atoms with Crippen LogP contribution in [0.4, 0.5) is 5.69 Å². The van der Waals surface area contributed by atoms with E-state index < -0.39 is 0 Å². The van der Waals surface area contributed by atoms with E-state index in [4.69, 9.17) is 23.8 Å². The quantitative estimate of drug-likeness (QED) is 0.700. The van der Waals surface area contributed by atoms with Gasteiger partial charge in [0.25, 0.3) is 11.8 Å². The summed E-state index contributed by atoms with van der Waals surface area (Å²) in [5.74, 6) is -0.450. The monoisotopic (exact) mass is 429 g/mol. The van der Waals surface area contributed by atoms with E-state index >= 15 is 0 Å². The number of amides is 2. The first kappa shape index (κ1) is 21.3. The van der Waals surface area contributed by atoms with Crippen LogP contribution in [-0.2, 0) is 0 Å². The highest BCUT2D eigenvalue weighted by Crippen LogP contribution is 2.22. The summed E-state index contributed by atoms with van der Waals surface area (Å²) in [7, 11) is 1.73. The molecule has 0 aliphatic heterocycles. The van der Waals surface area contributed by atoms with E-state index in [0.29, 0.717) is 21.8 Å². The van der Waals surface area contributed by atoms with Crippen molar-refractivity contribution >= 4 is 46.4 Å². The minimum atomic E-state index is -0.331. The van der Waals surface area contributed by atoms with Crippen molar-refractivity contribution in [1.82, 2.24) is 10.6 Å². The van der Waals surface area contributed by atoms with Gasteiger partial charge in [-0.25, -0.2) is 0 Å². The molecule has 152 valence electrons. The molecule has 29 heavy (non-hydrogen) atoms. The maximum absolute atomic E-state index is 12.9. The number of thiocarbonyl (C=S) groups is 1. The molecule has 7 heteroatoms. The Morgan fingerprint density at radius 1 is 1.00 bits per heavy atom. The highest BCUT2D eigenvalue weighted by Gasteiger charge is 2.21. The summed E-state index contributed by atoms with van der Waals surface area (Å²) >= 11 is 11.3. The molecule has 0 saturated heterocycles. The molecule has 3 rings (SSSR count). The number of rotatable bonds is 4. The number of carbonyl (C=O) groups excluding carboxylic acids is 2. The fourth-order valence-corrected chi connectivity index (χ4v) is 3.75. The highest BCUT2D eigenvalue weighted by molar-refractivity contribution is 7.80. The van der Waals surface area contributed by atoms with Crippen molar-refractivity contribution in [2.75, 3.05) is 11.9 Å². The molecule has 0 radical (unpaired) electrons. The van der Waals surface area contributed by atoms with Gasteiger partial charge in [0.15, 0.2) is 5.11 Å². The number of nitrogens with zero attached hydrogens (tertiary/aromatic N) is 1. The van der Waals surface area contributed by atoms with E-state index in [0.717, 1.165) is 25.7 Å². The predicted molar refractivity (Wildman–Crippen MR) is 121 cm³/mol.